The van der Waals surface area contributed by atoms with Gasteiger partial charge in [0.15, 0.2) is 0 Å². The van der Waals surface area contributed by atoms with E-state index in [9.17, 15) is 4.79 Å². The molecule has 1 N–H and O–H groups in total. The summed E-state index contributed by atoms with van der Waals surface area (Å²) in [6.45, 7) is 2.61. The lowest BCUT2D eigenvalue weighted by atomic mass is 10.1. The Labute approximate surface area is 109 Å². The molecule has 1 atom stereocenters. The van der Waals surface area contributed by atoms with E-state index in [2.05, 4.69) is 15.9 Å². The summed E-state index contributed by atoms with van der Waals surface area (Å²) in [7, 11) is 3.56. The predicted molar refractivity (Wildman–Crippen MR) is 70.8 cm³/mol. The SMILES string of the molecule is COCC(C)N(C)c1cc(Br)cc(C(=O)O)c1. The number of methoxy groups -OCH3 is 1. The van der Waals surface area contributed by atoms with E-state index >= 15 is 0 Å². The summed E-state index contributed by atoms with van der Waals surface area (Å²) in [5.41, 5.74) is 1.12. The third-order valence-electron chi connectivity index (χ3n) is 2.61. The van der Waals surface area contributed by atoms with E-state index in [0.717, 1.165) is 10.2 Å². The Morgan fingerprint density at radius 2 is 2.18 bits per heavy atom. The van der Waals surface area contributed by atoms with E-state index < -0.39 is 5.97 Å². The summed E-state index contributed by atoms with van der Waals surface area (Å²) < 4.78 is 5.84. The molecule has 0 fully saturated rings. The molecular formula is C12H16BrNO3. The van der Waals surface area contributed by atoms with Crippen LogP contribution in [0.5, 0.6) is 0 Å². The number of halogens is 1. The molecule has 0 bridgehead atoms. The zero-order chi connectivity index (χ0) is 13.0. The number of ether oxygens (including phenoxy) is 1. The first-order valence-corrected chi connectivity index (χ1v) is 6.00. The van der Waals surface area contributed by atoms with Crippen LogP contribution in [0.3, 0.4) is 0 Å². The number of benzene rings is 1. The monoisotopic (exact) mass is 301 g/mol. The molecule has 0 heterocycles. The fourth-order valence-corrected chi connectivity index (χ4v) is 1.99. The summed E-state index contributed by atoms with van der Waals surface area (Å²) in [4.78, 5) is 12.9. The highest BCUT2D eigenvalue weighted by Gasteiger charge is 2.13. The molecule has 0 spiro atoms. The molecule has 5 heteroatoms. The van der Waals surface area contributed by atoms with E-state index in [-0.39, 0.29) is 11.6 Å². The van der Waals surface area contributed by atoms with Crippen molar-refractivity contribution in [2.75, 3.05) is 25.7 Å². The number of carbonyl (C=O) groups is 1. The van der Waals surface area contributed by atoms with Crippen molar-refractivity contribution in [3.63, 3.8) is 0 Å². The fourth-order valence-electron chi connectivity index (χ4n) is 1.51. The smallest absolute Gasteiger partial charge is 0.335 e. The highest BCUT2D eigenvalue weighted by Crippen LogP contribution is 2.23. The first-order chi connectivity index (χ1) is 7.95. The molecule has 94 valence electrons. The summed E-state index contributed by atoms with van der Waals surface area (Å²) in [5, 5.41) is 8.99. The number of hydrogen-bond donors (Lipinski definition) is 1. The maximum absolute atomic E-state index is 11.0. The van der Waals surface area contributed by atoms with Gasteiger partial charge in [0.1, 0.15) is 0 Å². The number of aromatic carboxylic acids is 1. The second kappa shape index (κ2) is 6.02. The van der Waals surface area contributed by atoms with Crippen LogP contribution < -0.4 is 4.90 Å². The molecule has 4 nitrogen and oxygen atoms in total. The van der Waals surface area contributed by atoms with E-state index in [0.29, 0.717) is 6.61 Å². The van der Waals surface area contributed by atoms with Gasteiger partial charge in [-0.2, -0.15) is 0 Å². The summed E-state index contributed by atoms with van der Waals surface area (Å²) in [5.74, 6) is -0.930. The molecule has 0 aliphatic carbocycles. The van der Waals surface area contributed by atoms with E-state index in [1.165, 1.54) is 0 Å². The van der Waals surface area contributed by atoms with Gasteiger partial charge < -0.3 is 14.7 Å². The first-order valence-electron chi connectivity index (χ1n) is 5.21. The molecule has 0 aliphatic rings. The van der Waals surface area contributed by atoms with Crippen molar-refractivity contribution in [2.45, 2.75) is 13.0 Å². The number of anilines is 1. The lowest BCUT2D eigenvalue weighted by molar-refractivity contribution is 0.0697. The molecule has 0 saturated heterocycles. The minimum absolute atomic E-state index is 0.177. The molecule has 1 unspecified atom stereocenters. The van der Waals surface area contributed by atoms with Gasteiger partial charge in [-0.05, 0) is 25.1 Å². The van der Waals surface area contributed by atoms with Gasteiger partial charge in [-0.1, -0.05) is 15.9 Å². The topological polar surface area (TPSA) is 49.8 Å². The Morgan fingerprint density at radius 1 is 1.53 bits per heavy atom. The second-order valence-corrected chi connectivity index (χ2v) is 4.83. The van der Waals surface area contributed by atoms with Crippen molar-refractivity contribution in [1.82, 2.24) is 0 Å². The number of nitrogens with zero attached hydrogens (tertiary/aromatic N) is 1. The van der Waals surface area contributed by atoms with E-state index in [4.69, 9.17) is 9.84 Å². The number of likely N-dealkylation sites (N-methyl/N-ethyl adjacent to an activating group) is 1. The molecule has 1 aromatic carbocycles. The largest absolute Gasteiger partial charge is 0.478 e. The molecule has 0 amide bonds. The molecule has 0 radical (unpaired) electrons. The molecule has 0 saturated carbocycles. The minimum atomic E-state index is -0.930. The van der Waals surface area contributed by atoms with Crippen LogP contribution in [-0.4, -0.2) is 37.9 Å². The van der Waals surface area contributed by atoms with E-state index in [1.807, 2.05) is 24.9 Å². The number of carboxylic acids is 1. The number of rotatable bonds is 5. The fraction of sp³-hybridized carbons (Fsp3) is 0.417. The van der Waals surface area contributed by atoms with Crippen LogP contribution in [0.15, 0.2) is 22.7 Å². The third-order valence-corrected chi connectivity index (χ3v) is 3.06. The average Bonchev–Trinajstić information content (AvgIpc) is 2.27. The van der Waals surface area contributed by atoms with Gasteiger partial charge in [-0.3, -0.25) is 0 Å². The Balaban J connectivity index is 3.01. The quantitative estimate of drug-likeness (QED) is 0.908. The van der Waals surface area contributed by atoms with Crippen LogP contribution in [0.4, 0.5) is 5.69 Å². The van der Waals surface area contributed by atoms with Crippen molar-refractivity contribution in [1.29, 1.82) is 0 Å². The van der Waals surface area contributed by atoms with Gasteiger partial charge >= 0.3 is 5.97 Å². The van der Waals surface area contributed by atoms with Crippen molar-refractivity contribution < 1.29 is 14.6 Å². The number of carboxylic acid groups (broad SMARTS) is 1. The Bertz CT molecular complexity index is 409. The Kier molecular flexibility index (Phi) is 4.96. The van der Waals surface area contributed by atoms with Crippen LogP contribution in [0.25, 0.3) is 0 Å². The van der Waals surface area contributed by atoms with Gasteiger partial charge in [0.05, 0.1) is 12.2 Å². The van der Waals surface area contributed by atoms with Gasteiger partial charge in [-0.15, -0.1) is 0 Å². The van der Waals surface area contributed by atoms with Crippen molar-refractivity contribution in [3.8, 4) is 0 Å². The van der Waals surface area contributed by atoms with Crippen LogP contribution in [0.1, 0.15) is 17.3 Å². The Morgan fingerprint density at radius 3 is 2.71 bits per heavy atom. The standard InChI is InChI=1S/C12H16BrNO3/c1-8(7-17-3)14(2)11-5-9(12(15)16)4-10(13)6-11/h4-6,8H,7H2,1-3H3,(H,15,16). The highest BCUT2D eigenvalue weighted by molar-refractivity contribution is 9.10. The normalized spacial score (nSPS) is 12.2. The zero-order valence-electron chi connectivity index (χ0n) is 10.1. The van der Waals surface area contributed by atoms with Crippen molar-refractivity contribution >= 4 is 27.6 Å². The van der Waals surface area contributed by atoms with E-state index in [1.54, 1.807) is 19.2 Å². The maximum atomic E-state index is 11.0. The molecular weight excluding hydrogens is 286 g/mol. The lowest BCUT2D eigenvalue weighted by Crippen LogP contribution is -2.32. The molecule has 0 aromatic heterocycles. The first kappa shape index (κ1) is 14.0. The zero-order valence-corrected chi connectivity index (χ0v) is 11.7. The van der Waals surface area contributed by atoms with Crippen molar-refractivity contribution in [3.05, 3.63) is 28.2 Å². The molecule has 1 aromatic rings. The van der Waals surface area contributed by atoms with Crippen LogP contribution in [-0.2, 0) is 4.74 Å². The van der Waals surface area contributed by atoms with Gasteiger partial charge in [0.25, 0.3) is 0 Å². The van der Waals surface area contributed by atoms with Gasteiger partial charge in [0.2, 0.25) is 0 Å². The summed E-state index contributed by atoms with van der Waals surface area (Å²) in [6.07, 6.45) is 0. The average molecular weight is 302 g/mol. The lowest BCUT2D eigenvalue weighted by Gasteiger charge is -2.26. The minimum Gasteiger partial charge on any atom is -0.478 e. The molecule has 17 heavy (non-hydrogen) atoms. The van der Waals surface area contributed by atoms with Gasteiger partial charge in [-0.25, -0.2) is 4.79 Å². The second-order valence-electron chi connectivity index (χ2n) is 3.92. The van der Waals surface area contributed by atoms with Crippen molar-refractivity contribution in [2.24, 2.45) is 0 Å². The van der Waals surface area contributed by atoms with Crippen LogP contribution >= 0.6 is 15.9 Å². The molecule has 0 aliphatic heterocycles. The Hall–Kier alpha value is -1.07. The van der Waals surface area contributed by atoms with Crippen LogP contribution in [0.2, 0.25) is 0 Å². The van der Waals surface area contributed by atoms with Gasteiger partial charge in [0, 0.05) is 30.4 Å². The summed E-state index contributed by atoms with van der Waals surface area (Å²) >= 11 is 3.32. The maximum Gasteiger partial charge on any atom is 0.335 e. The van der Waals surface area contributed by atoms with Crippen LogP contribution in [0, 0.1) is 0 Å². The predicted octanol–water partition coefficient (Wildman–Crippen LogP) is 2.62. The third kappa shape index (κ3) is 3.71. The molecule has 1 rings (SSSR count). The summed E-state index contributed by atoms with van der Waals surface area (Å²) in [6, 6.07) is 5.30. The number of hydrogen-bond acceptors (Lipinski definition) is 3. The highest BCUT2D eigenvalue weighted by atomic mass is 79.9.